The molecule has 0 aliphatic carbocycles. The molecule has 3 rings (SSSR count). The lowest BCUT2D eigenvalue weighted by atomic mass is 10.1. The Morgan fingerprint density at radius 2 is 1.88 bits per heavy atom. The van der Waals surface area contributed by atoms with Crippen molar-refractivity contribution in [3.05, 3.63) is 69.5 Å². The van der Waals surface area contributed by atoms with Gasteiger partial charge >= 0.3 is 11.9 Å². The van der Waals surface area contributed by atoms with Gasteiger partial charge in [-0.1, -0.05) is 6.92 Å². The van der Waals surface area contributed by atoms with Gasteiger partial charge in [-0.05, 0) is 43.2 Å². The second kappa shape index (κ2) is 10.9. The van der Waals surface area contributed by atoms with Crippen LogP contribution in [0.4, 0.5) is 13.8 Å². The second-order valence-electron chi connectivity index (χ2n) is 6.97. The quantitative estimate of drug-likeness (QED) is 0.413. The van der Waals surface area contributed by atoms with Crippen molar-refractivity contribution < 1.29 is 41.8 Å². The summed E-state index contributed by atoms with van der Waals surface area (Å²) in [6.07, 6.45) is 0.597. The Balaban J connectivity index is 1.76. The van der Waals surface area contributed by atoms with Crippen LogP contribution < -0.4 is 10.1 Å². The standard InChI is InChI=1S/C23H21F2NO7S/c1-4-9-31-22(28)18-12(2)19(23(29)30-3)34-21(18)26-20(27)17-8-6-14(33-17)11-32-16-7-5-13(24)10-15(16)25/h5-8,10H,4,9,11H2,1-3H3,(H,26,27). The van der Waals surface area contributed by atoms with Crippen LogP contribution in [0, 0.1) is 18.6 Å². The molecule has 34 heavy (non-hydrogen) atoms. The lowest BCUT2D eigenvalue weighted by Gasteiger charge is -2.07. The zero-order valence-electron chi connectivity index (χ0n) is 18.5. The fourth-order valence-corrected chi connectivity index (χ4v) is 3.99. The molecule has 0 radical (unpaired) electrons. The normalized spacial score (nSPS) is 10.6. The summed E-state index contributed by atoms with van der Waals surface area (Å²) in [5.74, 6) is -3.73. The van der Waals surface area contributed by atoms with Gasteiger partial charge in [-0.25, -0.2) is 18.4 Å². The number of hydrogen-bond acceptors (Lipinski definition) is 8. The van der Waals surface area contributed by atoms with Gasteiger partial charge in [-0.15, -0.1) is 11.3 Å². The molecule has 0 fully saturated rings. The van der Waals surface area contributed by atoms with E-state index in [0.717, 1.165) is 23.5 Å². The van der Waals surface area contributed by atoms with Gasteiger partial charge in [0.1, 0.15) is 28.1 Å². The van der Waals surface area contributed by atoms with Gasteiger partial charge in [0.05, 0.1) is 19.3 Å². The molecule has 2 heterocycles. The van der Waals surface area contributed by atoms with E-state index in [1.165, 1.54) is 19.2 Å². The summed E-state index contributed by atoms with van der Waals surface area (Å²) in [7, 11) is 1.21. The summed E-state index contributed by atoms with van der Waals surface area (Å²) in [6, 6.07) is 5.69. The minimum Gasteiger partial charge on any atom is -0.483 e. The van der Waals surface area contributed by atoms with Gasteiger partial charge < -0.3 is 23.9 Å². The predicted molar refractivity (Wildman–Crippen MR) is 118 cm³/mol. The molecule has 11 heteroatoms. The smallest absolute Gasteiger partial charge is 0.348 e. The number of esters is 2. The van der Waals surface area contributed by atoms with Crippen LogP contribution in [0.15, 0.2) is 34.7 Å². The van der Waals surface area contributed by atoms with Crippen molar-refractivity contribution in [3.63, 3.8) is 0 Å². The minimum atomic E-state index is -0.874. The van der Waals surface area contributed by atoms with Crippen LogP contribution in [-0.4, -0.2) is 31.6 Å². The highest BCUT2D eigenvalue weighted by atomic mass is 32.1. The molecule has 0 saturated carbocycles. The molecule has 0 aliphatic rings. The lowest BCUT2D eigenvalue weighted by Crippen LogP contribution is -2.14. The molecule has 1 aromatic carbocycles. The largest absolute Gasteiger partial charge is 0.483 e. The second-order valence-corrected chi connectivity index (χ2v) is 7.99. The number of hydrogen-bond donors (Lipinski definition) is 1. The van der Waals surface area contributed by atoms with Gasteiger partial charge in [0.2, 0.25) is 0 Å². The van der Waals surface area contributed by atoms with Crippen LogP contribution in [0.5, 0.6) is 5.75 Å². The fraction of sp³-hybridized carbons (Fsp3) is 0.261. The Bertz CT molecular complexity index is 1220. The van der Waals surface area contributed by atoms with Gasteiger partial charge in [-0.2, -0.15) is 0 Å². The molecule has 1 amide bonds. The zero-order valence-corrected chi connectivity index (χ0v) is 19.3. The first kappa shape index (κ1) is 24.9. The number of halogens is 2. The summed E-state index contributed by atoms with van der Waals surface area (Å²) in [4.78, 5) is 37.5. The molecule has 0 bridgehead atoms. The highest BCUT2D eigenvalue weighted by Gasteiger charge is 2.28. The van der Waals surface area contributed by atoms with E-state index in [1.54, 1.807) is 6.92 Å². The summed E-state index contributed by atoms with van der Waals surface area (Å²) < 4.78 is 47.3. The maximum Gasteiger partial charge on any atom is 0.348 e. The van der Waals surface area contributed by atoms with Gasteiger partial charge in [0.25, 0.3) is 5.91 Å². The number of ether oxygens (including phenoxy) is 3. The predicted octanol–water partition coefficient (Wildman–Crippen LogP) is 5.11. The zero-order chi connectivity index (χ0) is 24.8. The summed E-state index contributed by atoms with van der Waals surface area (Å²) in [6.45, 7) is 3.34. The number of nitrogens with one attached hydrogen (secondary N) is 1. The number of anilines is 1. The van der Waals surface area contributed by atoms with E-state index in [1.807, 2.05) is 6.92 Å². The number of carbonyl (C=O) groups excluding carboxylic acids is 3. The van der Waals surface area contributed by atoms with Gasteiger partial charge in [0, 0.05) is 6.07 Å². The first-order valence-corrected chi connectivity index (χ1v) is 10.9. The number of furan rings is 1. The van der Waals surface area contributed by atoms with Crippen LogP contribution >= 0.6 is 11.3 Å². The third-order valence-corrected chi connectivity index (χ3v) is 5.72. The molecule has 180 valence electrons. The monoisotopic (exact) mass is 493 g/mol. The minimum absolute atomic E-state index is 0.0501. The van der Waals surface area contributed by atoms with Crippen molar-refractivity contribution in [1.29, 1.82) is 0 Å². The third kappa shape index (κ3) is 5.60. The van der Waals surface area contributed by atoms with E-state index in [-0.39, 0.29) is 45.9 Å². The van der Waals surface area contributed by atoms with Crippen molar-refractivity contribution in [2.45, 2.75) is 26.9 Å². The van der Waals surface area contributed by atoms with E-state index in [4.69, 9.17) is 18.6 Å². The topological polar surface area (TPSA) is 104 Å². The molecule has 0 atom stereocenters. The van der Waals surface area contributed by atoms with Gasteiger partial charge in [0.15, 0.2) is 17.3 Å². The number of rotatable bonds is 9. The van der Waals surface area contributed by atoms with E-state index in [2.05, 4.69) is 5.32 Å². The van der Waals surface area contributed by atoms with Crippen LogP contribution in [0.3, 0.4) is 0 Å². The van der Waals surface area contributed by atoms with Crippen molar-refractivity contribution >= 4 is 34.2 Å². The Kier molecular flexibility index (Phi) is 8.00. The molecule has 3 aromatic rings. The van der Waals surface area contributed by atoms with Crippen LogP contribution in [-0.2, 0) is 16.1 Å². The number of thiophene rings is 1. The molecule has 0 aliphatic heterocycles. The average molecular weight is 493 g/mol. The van der Waals surface area contributed by atoms with E-state index >= 15 is 0 Å². The first-order chi connectivity index (χ1) is 16.2. The van der Waals surface area contributed by atoms with Crippen LogP contribution in [0.1, 0.15) is 55.3 Å². The Morgan fingerprint density at radius 3 is 2.56 bits per heavy atom. The Morgan fingerprint density at radius 1 is 1.12 bits per heavy atom. The van der Waals surface area contributed by atoms with Crippen LogP contribution in [0.2, 0.25) is 0 Å². The maximum atomic E-state index is 13.7. The van der Waals surface area contributed by atoms with Crippen molar-refractivity contribution in [2.24, 2.45) is 0 Å². The summed E-state index contributed by atoms with van der Waals surface area (Å²) in [5, 5.41) is 2.66. The lowest BCUT2D eigenvalue weighted by molar-refractivity contribution is 0.0506. The molecule has 2 aromatic heterocycles. The number of amides is 1. The summed E-state index contributed by atoms with van der Waals surface area (Å²) in [5.41, 5.74) is 0.372. The van der Waals surface area contributed by atoms with Gasteiger partial charge in [-0.3, -0.25) is 4.79 Å². The molecular formula is C23H21F2NO7S. The Hall–Kier alpha value is -3.73. The molecular weight excluding hydrogens is 472 g/mol. The van der Waals surface area contributed by atoms with E-state index in [0.29, 0.717) is 18.1 Å². The molecule has 0 spiro atoms. The van der Waals surface area contributed by atoms with Crippen molar-refractivity contribution in [3.8, 4) is 5.75 Å². The van der Waals surface area contributed by atoms with Crippen molar-refractivity contribution in [2.75, 3.05) is 19.0 Å². The number of benzene rings is 1. The molecule has 1 N–H and O–H groups in total. The number of carbonyl (C=O) groups is 3. The third-order valence-electron chi connectivity index (χ3n) is 4.54. The number of methoxy groups -OCH3 is 1. The van der Waals surface area contributed by atoms with Crippen LogP contribution in [0.25, 0.3) is 0 Å². The highest BCUT2D eigenvalue weighted by Crippen LogP contribution is 2.34. The molecule has 8 nitrogen and oxygen atoms in total. The summed E-state index contributed by atoms with van der Waals surface area (Å²) >= 11 is 0.875. The van der Waals surface area contributed by atoms with E-state index < -0.39 is 29.5 Å². The molecule has 0 unspecified atom stereocenters. The van der Waals surface area contributed by atoms with Crippen molar-refractivity contribution in [1.82, 2.24) is 0 Å². The average Bonchev–Trinajstić information content (AvgIpc) is 3.41. The fourth-order valence-electron chi connectivity index (χ4n) is 2.89. The maximum absolute atomic E-state index is 13.7. The molecule has 0 saturated heterocycles. The Labute approximate surface area is 197 Å². The first-order valence-electron chi connectivity index (χ1n) is 10.1. The SMILES string of the molecule is CCCOC(=O)c1c(NC(=O)c2ccc(COc3ccc(F)cc3F)o2)sc(C(=O)OC)c1C. The van der Waals surface area contributed by atoms with E-state index in [9.17, 15) is 23.2 Å². The highest BCUT2D eigenvalue weighted by molar-refractivity contribution is 7.18.